The SMILES string of the molecule is CNc1ccnc(Nc2ccc(OC)c(OCc3noc(C4CC4)n3)c2)n1. The molecule has 0 atom stereocenters. The van der Waals surface area contributed by atoms with E-state index in [1.807, 2.05) is 18.2 Å². The Labute approximate surface area is 156 Å². The standard InChI is InChI=1S/C18H20N6O3/c1-19-15-7-8-20-18(23-15)21-12-5-6-13(25-2)14(9-12)26-10-16-22-17(27-24-16)11-3-4-11/h5-9,11H,3-4,10H2,1-2H3,(H2,19,20,21,23). The van der Waals surface area contributed by atoms with Crippen LogP contribution in [0.3, 0.4) is 0 Å². The van der Waals surface area contributed by atoms with Crippen molar-refractivity contribution in [3.05, 3.63) is 42.2 Å². The molecule has 0 aliphatic heterocycles. The predicted molar refractivity (Wildman–Crippen MR) is 98.5 cm³/mol. The van der Waals surface area contributed by atoms with Crippen molar-refractivity contribution in [3.8, 4) is 11.5 Å². The Morgan fingerprint density at radius 3 is 2.85 bits per heavy atom. The molecule has 2 heterocycles. The first-order chi connectivity index (χ1) is 13.2. The maximum Gasteiger partial charge on any atom is 0.229 e. The van der Waals surface area contributed by atoms with E-state index in [0.29, 0.717) is 35.1 Å². The average molecular weight is 368 g/mol. The fourth-order valence-corrected chi connectivity index (χ4v) is 2.52. The summed E-state index contributed by atoms with van der Waals surface area (Å²) in [6.45, 7) is 0.196. The van der Waals surface area contributed by atoms with E-state index in [4.69, 9.17) is 14.0 Å². The van der Waals surface area contributed by atoms with Crippen molar-refractivity contribution in [1.82, 2.24) is 20.1 Å². The van der Waals surface area contributed by atoms with Gasteiger partial charge < -0.3 is 24.6 Å². The molecule has 1 aromatic carbocycles. The number of nitrogens with one attached hydrogen (secondary N) is 2. The number of aromatic nitrogens is 4. The Bertz CT molecular complexity index is 925. The molecule has 27 heavy (non-hydrogen) atoms. The van der Waals surface area contributed by atoms with Crippen LogP contribution in [0.2, 0.25) is 0 Å². The summed E-state index contributed by atoms with van der Waals surface area (Å²) < 4.78 is 16.5. The van der Waals surface area contributed by atoms with Gasteiger partial charge in [0.1, 0.15) is 5.82 Å². The molecule has 0 bridgehead atoms. The molecule has 2 N–H and O–H groups in total. The van der Waals surface area contributed by atoms with Crippen LogP contribution in [-0.4, -0.2) is 34.3 Å². The third-order valence-corrected chi connectivity index (χ3v) is 4.10. The molecule has 0 saturated heterocycles. The maximum absolute atomic E-state index is 5.85. The minimum atomic E-state index is 0.196. The van der Waals surface area contributed by atoms with Crippen molar-refractivity contribution in [3.63, 3.8) is 0 Å². The van der Waals surface area contributed by atoms with Gasteiger partial charge in [-0.3, -0.25) is 0 Å². The van der Waals surface area contributed by atoms with Gasteiger partial charge in [-0.25, -0.2) is 4.98 Å². The smallest absolute Gasteiger partial charge is 0.229 e. The second-order valence-electron chi connectivity index (χ2n) is 6.12. The lowest BCUT2D eigenvalue weighted by Gasteiger charge is -2.12. The van der Waals surface area contributed by atoms with E-state index >= 15 is 0 Å². The van der Waals surface area contributed by atoms with Crippen LogP contribution in [0.1, 0.15) is 30.5 Å². The predicted octanol–water partition coefficient (Wildman–Crippen LogP) is 3.11. The molecule has 9 heteroatoms. The fraction of sp³-hybridized carbons (Fsp3) is 0.333. The Hall–Kier alpha value is -3.36. The van der Waals surface area contributed by atoms with E-state index in [9.17, 15) is 0 Å². The van der Waals surface area contributed by atoms with Gasteiger partial charge in [-0.1, -0.05) is 5.16 Å². The van der Waals surface area contributed by atoms with Crippen molar-refractivity contribution >= 4 is 17.5 Å². The van der Waals surface area contributed by atoms with Crippen molar-refractivity contribution < 1.29 is 14.0 Å². The zero-order valence-electron chi connectivity index (χ0n) is 15.1. The van der Waals surface area contributed by atoms with Crippen LogP contribution in [0.25, 0.3) is 0 Å². The first kappa shape index (κ1) is 17.1. The molecule has 1 aliphatic carbocycles. The minimum Gasteiger partial charge on any atom is -0.493 e. The second-order valence-corrected chi connectivity index (χ2v) is 6.12. The molecule has 4 rings (SSSR count). The lowest BCUT2D eigenvalue weighted by molar-refractivity contribution is 0.269. The molecule has 1 saturated carbocycles. The van der Waals surface area contributed by atoms with Crippen molar-refractivity contribution in [1.29, 1.82) is 0 Å². The summed E-state index contributed by atoms with van der Waals surface area (Å²) in [7, 11) is 3.40. The molecular weight excluding hydrogens is 348 g/mol. The van der Waals surface area contributed by atoms with Gasteiger partial charge in [0, 0.05) is 30.9 Å². The molecule has 1 aliphatic rings. The lowest BCUT2D eigenvalue weighted by Crippen LogP contribution is -2.02. The van der Waals surface area contributed by atoms with Gasteiger partial charge in [0.15, 0.2) is 18.1 Å². The number of anilines is 3. The van der Waals surface area contributed by atoms with Crippen LogP contribution in [0, 0.1) is 0 Å². The fourth-order valence-electron chi connectivity index (χ4n) is 2.52. The van der Waals surface area contributed by atoms with E-state index < -0.39 is 0 Å². The Morgan fingerprint density at radius 1 is 1.19 bits per heavy atom. The first-order valence-corrected chi connectivity index (χ1v) is 8.66. The molecule has 0 unspecified atom stereocenters. The van der Waals surface area contributed by atoms with Crippen molar-refractivity contribution in [2.45, 2.75) is 25.4 Å². The highest BCUT2D eigenvalue weighted by Crippen LogP contribution is 2.39. The van der Waals surface area contributed by atoms with Crippen molar-refractivity contribution in [2.75, 3.05) is 24.8 Å². The van der Waals surface area contributed by atoms with Gasteiger partial charge in [-0.2, -0.15) is 9.97 Å². The highest BCUT2D eigenvalue weighted by molar-refractivity contribution is 5.60. The van der Waals surface area contributed by atoms with Gasteiger partial charge in [0.25, 0.3) is 0 Å². The molecule has 0 amide bonds. The second kappa shape index (κ2) is 7.48. The molecule has 0 radical (unpaired) electrons. The van der Waals surface area contributed by atoms with E-state index in [-0.39, 0.29) is 6.61 Å². The summed E-state index contributed by atoms with van der Waals surface area (Å²) >= 11 is 0. The number of nitrogens with zero attached hydrogens (tertiary/aromatic N) is 4. The summed E-state index contributed by atoms with van der Waals surface area (Å²) in [5.74, 6) is 3.99. The highest BCUT2D eigenvalue weighted by Gasteiger charge is 2.29. The summed E-state index contributed by atoms with van der Waals surface area (Å²) in [5.41, 5.74) is 0.769. The number of hydrogen-bond acceptors (Lipinski definition) is 9. The van der Waals surface area contributed by atoms with Gasteiger partial charge in [-0.05, 0) is 31.0 Å². The molecule has 1 fully saturated rings. The summed E-state index contributed by atoms with van der Waals surface area (Å²) in [6, 6.07) is 7.27. The summed E-state index contributed by atoms with van der Waals surface area (Å²) in [4.78, 5) is 12.9. The van der Waals surface area contributed by atoms with Crippen LogP contribution >= 0.6 is 0 Å². The number of rotatable bonds is 8. The van der Waals surface area contributed by atoms with E-state index in [0.717, 1.165) is 24.3 Å². The van der Waals surface area contributed by atoms with E-state index in [2.05, 4.69) is 30.7 Å². The van der Waals surface area contributed by atoms with Crippen LogP contribution in [-0.2, 0) is 6.61 Å². The monoisotopic (exact) mass is 368 g/mol. The zero-order chi connectivity index (χ0) is 18.6. The largest absolute Gasteiger partial charge is 0.493 e. The van der Waals surface area contributed by atoms with Crippen LogP contribution in [0.5, 0.6) is 11.5 Å². The minimum absolute atomic E-state index is 0.196. The van der Waals surface area contributed by atoms with E-state index in [1.54, 1.807) is 26.4 Å². The molecule has 140 valence electrons. The van der Waals surface area contributed by atoms with Crippen LogP contribution in [0.4, 0.5) is 17.5 Å². The van der Waals surface area contributed by atoms with Gasteiger partial charge in [-0.15, -0.1) is 0 Å². The molecule has 2 aromatic heterocycles. The van der Waals surface area contributed by atoms with Gasteiger partial charge in [0.05, 0.1) is 7.11 Å². The third-order valence-electron chi connectivity index (χ3n) is 4.10. The topological polar surface area (TPSA) is 107 Å². The quantitative estimate of drug-likeness (QED) is 0.620. The lowest BCUT2D eigenvalue weighted by atomic mass is 10.2. The molecule has 0 spiro atoms. The summed E-state index contributed by atoms with van der Waals surface area (Å²) in [5, 5.41) is 10.1. The number of hydrogen-bond donors (Lipinski definition) is 2. The zero-order valence-corrected chi connectivity index (χ0v) is 15.1. The van der Waals surface area contributed by atoms with Crippen LogP contribution in [0.15, 0.2) is 35.0 Å². The van der Waals surface area contributed by atoms with Gasteiger partial charge >= 0.3 is 0 Å². The Morgan fingerprint density at radius 2 is 2.07 bits per heavy atom. The normalized spacial score (nSPS) is 13.3. The Kier molecular flexibility index (Phi) is 4.73. The highest BCUT2D eigenvalue weighted by atomic mass is 16.5. The Balaban J connectivity index is 1.47. The number of methoxy groups -OCH3 is 1. The molecule has 3 aromatic rings. The third kappa shape index (κ3) is 4.08. The summed E-state index contributed by atoms with van der Waals surface area (Å²) in [6.07, 6.45) is 3.90. The molecule has 9 nitrogen and oxygen atoms in total. The number of ether oxygens (including phenoxy) is 2. The molecular formula is C18H20N6O3. The van der Waals surface area contributed by atoms with E-state index in [1.165, 1.54) is 0 Å². The van der Waals surface area contributed by atoms with Gasteiger partial charge in [0.2, 0.25) is 17.7 Å². The maximum atomic E-state index is 5.85. The average Bonchev–Trinajstić information content (AvgIpc) is 3.45. The number of benzene rings is 1. The first-order valence-electron chi connectivity index (χ1n) is 8.66. The van der Waals surface area contributed by atoms with Crippen LogP contribution < -0.4 is 20.1 Å². The van der Waals surface area contributed by atoms with Crippen molar-refractivity contribution in [2.24, 2.45) is 0 Å².